The molecule has 154 valence electrons. The van der Waals surface area contributed by atoms with Gasteiger partial charge in [0.15, 0.2) is 5.78 Å². The van der Waals surface area contributed by atoms with Gasteiger partial charge in [-0.05, 0) is 69.7 Å². The molecule has 28 heavy (non-hydrogen) atoms. The van der Waals surface area contributed by atoms with E-state index in [4.69, 9.17) is 9.47 Å². The minimum Gasteiger partial charge on any atom is -0.490 e. The van der Waals surface area contributed by atoms with Crippen molar-refractivity contribution in [3.8, 4) is 5.75 Å². The second-order valence-corrected chi connectivity index (χ2v) is 7.33. The van der Waals surface area contributed by atoms with Gasteiger partial charge in [0.1, 0.15) is 5.75 Å². The van der Waals surface area contributed by atoms with Gasteiger partial charge < -0.3 is 14.8 Å². The van der Waals surface area contributed by atoms with Crippen molar-refractivity contribution in [2.45, 2.75) is 65.4 Å². The van der Waals surface area contributed by atoms with Gasteiger partial charge in [0.2, 0.25) is 5.91 Å². The fourth-order valence-corrected chi connectivity index (χ4v) is 3.54. The summed E-state index contributed by atoms with van der Waals surface area (Å²) in [6.45, 7) is 6.13. The number of carbonyl (C=O) groups is 3. The smallest absolute Gasteiger partial charge is 0.308 e. The van der Waals surface area contributed by atoms with E-state index in [9.17, 15) is 14.4 Å². The van der Waals surface area contributed by atoms with E-state index >= 15 is 0 Å². The number of aryl methyl sites for hydroxylation is 1. The van der Waals surface area contributed by atoms with Gasteiger partial charge in [-0.25, -0.2) is 0 Å². The van der Waals surface area contributed by atoms with Crippen molar-refractivity contribution in [2.24, 2.45) is 5.92 Å². The molecular formula is C22H31NO5. The lowest BCUT2D eigenvalue weighted by Crippen LogP contribution is -2.29. The van der Waals surface area contributed by atoms with Crippen LogP contribution in [0.1, 0.15) is 68.3 Å². The van der Waals surface area contributed by atoms with E-state index < -0.39 is 0 Å². The van der Waals surface area contributed by atoms with Crippen LogP contribution in [0.5, 0.6) is 5.75 Å². The summed E-state index contributed by atoms with van der Waals surface area (Å²) in [7, 11) is 0. The van der Waals surface area contributed by atoms with Crippen LogP contribution in [0, 0.1) is 12.8 Å². The fourth-order valence-electron chi connectivity index (χ4n) is 3.54. The number of amides is 1. The van der Waals surface area contributed by atoms with Crippen molar-refractivity contribution in [3.63, 3.8) is 0 Å². The summed E-state index contributed by atoms with van der Waals surface area (Å²) in [5.74, 6) is 0.634. The van der Waals surface area contributed by atoms with Crippen LogP contribution < -0.4 is 10.1 Å². The first-order valence-electron chi connectivity index (χ1n) is 10.1. The minimum atomic E-state index is -0.0989. The monoisotopic (exact) mass is 389 g/mol. The van der Waals surface area contributed by atoms with E-state index in [1.807, 2.05) is 32.0 Å². The Morgan fingerprint density at radius 2 is 1.86 bits per heavy atom. The van der Waals surface area contributed by atoms with Crippen molar-refractivity contribution < 1.29 is 23.9 Å². The topological polar surface area (TPSA) is 81.7 Å². The molecule has 0 heterocycles. The highest BCUT2D eigenvalue weighted by Crippen LogP contribution is 2.29. The van der Waals surface area contributed by atoms with Gasteiger partial charge in [-0.1, -0.05) is 0 Å². The first-order chi connectivity index (χ1) is 13.4. The van der Waals surface area contributed by atoms with E-state index in [0.29, 0.717) is 31.6 Å². The molecule has 0 radical (unpaired) electrons. The van der Waals surface area contributed by atoms with Gasteiger partial charge in [0, 0.05) is 25.5 Å². The zero-order chi connectivity index (χ0) is 20.5. The number of nitrogens with one attached hydrogen (secondary N) is 1. The maximum Gasteiger partial charge on any atom is 0.308 e. The summed E-state index contributed by atoms with van der Waals surface area (Å²) in [6.07, 6.45) is 4.34. The molecule has 1 aromatic carbocycles. The van der Waals surface area contributed by atoms with Crippen molar-refractivity contribution in [1.82, 2.24) is 5.32 Å². The number of hydrogen-bond acceptors (Lipinski definition) is 5. The lowest BCUT2D eigenvalue weighted by molar-refractivity contribution is -0.149. The van der Waals surface area contributed by atoms with E-state index in [1.165, 1.54) is 6.92 Å². The highest BCUT2D eigenvalue weighted by atomic mass is 16.5. The van der Waals surface area contributed by atoms with Crippen molar-refractivity contribution in [3.05, 3.63) is 29.3 Å². The Labute approximate surface area is 167 Å². The van der Waals surface area contributed by atoms with Crippen LogP contribution >= 0.6 is 0 Å². The fraction of sp³-hybridized carbons (Fsp3) is 0.591. The molecule has 2 rings (SSSR count). The molecule has 0 aliphatic heterocycles. The Morgan fingerprint density at radius 3 is 2.46 bits per heavy atom. The first kappa shape index (κ1) is 21.9. The summed E-state index contributed by atoms with van der Waals surface area (Å²) < 4.78 is 11.2. The SMILES string of the molecule is CCOC(=O)C1CCC(Oc2ccc(C(=O)CCCNC(C)=O)c(C)c2)CC1. The van der Waals surface area contributed by atoms with Crippen LogP contribution in [0.15, 0.2) is 18.2 Å². The molecule has 0 aromatic heterocycles. The summed E-state index contributed by atoms with van der Waals surface area (Å²) in [5.41, 5.74) is 1.59. The Bertz CT molecular complexity index is 692. The largest absolute Gasteiger partial charge is 0.490 e. The van der Waals surface area contributed by atoms with E-state index in [2.05, 4.69) is 5.32 Å². The summed E-state index contributed by atoms with van der Waals surface area (Å²) in [5, 5.41) is 2.70. The molecule has 1 saturated carbocycles. The Morgan fingerprint density at radius 1 is 1.14 bits per heavy atom. The van der Waals surface area contributed by atoms with Crippen molar-refractivity contribution >= 4 is 17.7 Å². The molecule has 1 aromatic rings. The molecule has 0 saturated heterocycles. The number of carbonyl (C=O) groups excluding carboxylic acids is 3. The molecule has 0 atom stereocenters. The van der Waals surface area contributed by atoms with Gasteiger partial charge in [0.25, 0.3) is 0 Å². The number of Topliss-reactive ketones (excluding diaryl/α,β-unsaturated/α-hetero) is 1. The van der Waals surface area contributed by atoms with Crippen LogP contribution in [-0.2, 0) is 14.3 Å². The number of ketones is 1. The summed E-state index contributed by atoms with van der Waals surface area (Å²) in [6, 6.07) is 5.56. The van der Waals surface area contributed by atoms with Gasteiger partial charge in [-0.2, -0.15) is 0 Å². The average molecular weight is 389 g/mol. The molecule has 1 N–H and O–H groups in total. The highest BCUT2D eigenvalue weighted by Gasteiger charge is 2.28. The number of benzene rings is 1. The van der Waals surface area contributed by atoms with Crippen molar-refractivity contribution in [2.75, 3.05) is 13.2 Å². The lowest BCUT2D eigenvalue weighted by atomic mass is 9.87. The third kappa shape index (κ3) is 6.66. The normalized spacial score (nSPS) is 19.0. The average Bonchev–Trinajstić information content (AvgIpc) is 2.66. The number of hydrogen-bond donors (Lipinski definition) is 1. The standard InChI is InChI=1S/C22H31NO5/c1-4-27-22(26)17-7-9-18(10-8-17)28-19-11-12-20(15(2)14-19)21(25)6-5-13-23-16(3)24/h11-12,14,17-18H,4-10,13H2,1-3H3,(H,23,24). The van der Waals surface area contributed by atoms with Crippen LogP contribution in [-0.4, -0.2) is 36.9 Å². The summed E-state index contributed by atoms with van der Waals surface area (Å²) in [4.78, 5) is 35.0. The molecule has 1 fully saturated rings. The Kier molecular flexibility index (Phi) is 8.48. The molecule has 6 nitrogen and oxygen atoms in total. The van der Waals surface area contributed by atoms with E-state index in [1.54, 1.807) is 0 Å². The second-order valence-electron chi connectivity index (χ2n) is 7.33. The zero-order valence-electron chi connectivity index (χ0n) is 17.1. The van der Waals surface area contributed by atoms with Crippen LogP contribution in [0.4, 0.5) is 0 Å². The Balaban J connectivity index is 1.83. The number of esters is 1. The van der Waals surface area contributed by atoms with E-state index in [-0.39, 0.29) is 29.7 Å². The second kappa shape index (κ2) is 10.8. The van der Waals surface area contributed by atoms with Crippen LogP contribution in [0.25, 0.3) is 0 Å². The van der Waals surface area contributed by atoms with Gasteiger partial charge in [-0.15, -0.1) is 0 Å². The molecule has 1 aliphatic rings. The predicted molar refractivity (Wildman–Crippen MR) is 106 cm³/mol. The van der Waals surface area contributed by atoms with Crippen LogP contribution in [0.2, 0.25) is 0 Å². The maximum atomic E-state index is 12.4. The highest BCUT2D eigenvalue weighted by molar-refractivity contribution is 5.97. The molecular weight excluding hydrogens is 358 g/mol. The Hall–Kier alpha value is -2.37. The third-order valence-electron chi connectivity index (χ3n) is 5.05. The number of ether oxygens (including phenoxy) is 2. The van der Waals surface area contributed by atoms with E-state index in [0.717, 1.165) is 37.0 Å². The molecule has 1 amide bonds. The lowest BCUT2D eigenvalue weighted by Gasteiger charge is -2.28. The predicted octanol–water partition coefficient (Wildman–Crippen LogP) is 3.59. The molecule has 6 heteroatoms. The quantitative estimate of drug-likeness (QED) is 0.396. The third-order valence-corrected chi connectivity index (χ3v) is 5.05. The first-order valence-corrected chi connectivity index (χ1v) is 10.1. The summed E-state index contributed by atoms with van der Waals surface area (Å²) >= 11 is 0. The maximum absolute atomic E-state index is 12.4. The number of rotatable bonds is 9. The molecule has 1 aliphatic carbocycles. The molecule has 0 bridgehead atoms. The van der Waals surface area contributed by atoms with Gasteiger partial charge in [0.05, 0.1) is 18.6 Å². The van der Waals surface area contributed by atoms with Crippen molar-refractivity contribution in [1.29, 1.82) is 0 Å². The van der Waals surface area contributed by atoms with Crippen LogP contribution in [0.3, 0.4) is 0 Å². The van der Waals surface area contributed by atoms with Gasteiger partial charge in [-0.3, -0.25) is 14.4 Å². The zero-order valence-corrected chi connectivity index (χ0v) is 17.1. The molecule has 0 unspecified atom stereocenters. The minimum absolute atomic E-state index is 0.0148. The molecule has 0 spiro atoms. The van der Waals surface area contributed by atoms with Gasteiger partial charge >= 0.3 is 5.97 Å².